The highest BCUT2D eigenvalue weighted by molar-refractivity contribution is 5.64. The van der Waals surface area contributed by atoms with E-state index < -0.39 is 0 Å². The molecule has 2 N–H and O–H groups in total. The first-order valence-corrected chi connectivity index (χ1v) is 6.74. The quantitative estimate of drug-likeness (QED) is 0.738. The zero-order chi connectivity index (χ0) is 13.8. The zero-order valence-corrected chi connectivity index (χ0v) is 11.4. The van der Waals surface area contributed by atoms with Gasteiger partial charge in [-0.15, -0.1) is 0 Å². The number of H-pyrrole nitrogens is 1. The van der Waals surface area contributed by atoms with E-state index in [1.807, 2.05) is 12.1 Å². The van der Waals surface area contributed by atoms with Crippen LogP contribution in [0.3, 0.4) is 0 Å². The van der Waals surface area contributed by atoms with Crippen molar-refractivity contribution in [2.45, 2.75) is 13.0 Å². The molecule has 0 radical (unpaired) electrons. The summed E-state index contributed by atoms with van der Waals surface area (Å²) in [7, 11) is 0. The van der Waals surface area contributed by atoms with Crippen molar-refractivity contribution in [1.82, 2.24) is 10.2 Å². The molecule has 0 fully saturated rings. The second-order valence-electron chi connectivity index (χ2n) is 4.83. The van der Waals surface area contributed by atoms with Crippen LogP contribution < -0.4 is 5.32 Å². The number of benzene rings is 2. The van der Waals surface area contributed by atoms with E-state index in [0.29, 0.717) is 0 Å². The number of hydrogen-bond donors (Lipinski definition) is 2. The molecule has 1 atom stereocenters. The van der Waals surface area contributed by atoms with Gasteiger partial charge >= 0.3 is 0 Å². The van der Waals surface area contributed by atoms with Gasteiger partial charge in [0.15, 0.2) is 0 Å². The van der Waals surface area contributed by atoms with Gasteiger partial charge in [0.25, 0.3) is 0 Å². The zero-order valence-electron chi connectivity index (χ0n) is 11.4. The summed E-state index contributed by atoms with van der Waals surface area (Å²) in [6.45, 7) is 2.16. The lowest BCUT2D eigenvalue weighted by Gasteiger charge is -2.16. The van der Waals surface area contributed by atoms with E-state index in [2.05, 4.69) is 71.0 Å². The second-order valence-corrected chi connectivity index (χ2v) is 4.83. The van der Waals surface area contributed by atoms with Gasteiger partial charge in [0.1, 0.15) is 0 Å². The van der Waals surface area contributed by atoms with Crippen LogP contribution >= 0.6 is 0 Å². The average Bonchev–Trinajstić information content (AvgIpc) is 3.03. The topological polar surface area (TPSA) is 40.7 Å². The van der Waals surface area contributed by atoms with Crippen LogP contribution in [0.1, 0.15) is 18.5 Å². The molecule has 1 unspecified atom stereocenters. The Morgan fingerprint density at radius 1 is 1.00 bits per heavy atom. The molecule has 0 amide bonds. The third-order valence-corrected chi connectivity index (χ3v) is 3.36. The summed E-state index contributed by atoms with van der Waals surface area (Å²) in [6, 6.07) is 21.0. The Balaban J connectivity index is 1.80. The molecule has 2 aromatic carbocycles. The van der Waals surface area contributed by atoms with Crippen LogP contribution in [-0.2, 0) is 0 Å². The van der Waals surface area contributed by atoms with Gasteiger partial charge in [-0.05, 0) is 30.7 Å². The Kier molecular flexibility index (Phi) is 3.50. The molecule has 0 saturated carbocycles. The van der Waals surface area contributed by atoms with Crippen molar-refractivity contribution >= 4 is 5.69 Å². The van der Waals surface area contributed by atoms with Crippen LogP contribution in [0, 0.1) is 0 Å². The van der Waals surface area contributed by atoms with Gasteiger partial charge in [0.05, 0.1) is 5.69 Å². The molecule has 0 spiro atoms. The third kappa shape index (κ3) is 2.72. The molecule has 0 aliphatic rings. The molecule has 0 aliphatic carbocycles. The minimum absolute atomic E-state index is 0.271. The average molecular weight is 263 g/mol. The Bertz CT molecular complexity index is 660. The van der Waals surface area contributed by atoms with E-state index >= 15 is 0 Å². The smallest absolute Gasteiger partial charge is 0.0650 e. The first kappa shape index (κ1) is 12.5. The second kappa shape index (κ2) is 5.61. The van der Waals surface area contributed by atoms with Gasteiger partial charge in [0, 0.05) is 23.5 Å². The van der Waals surface area contributed by atoms with Crippen molar-refractivity contribution in [3.63, 3.8) is 0 Å². The number of rotatable bonds is 4. The van der Waals surface area contributed by atoms with Gasteiger partial charge < -0.3 is 5.32 Å². The lowest BCUT2D eigenvalue weighted by Crippen LogP contribution is -2.06. The van der Waals surface area contributed by atoms with Crippen LogP contribution in [-0.4, -0.2) is 10.2 Å². The van der Waals surface area contributed by atoms with E-state index in [1.54, 1.807) is 6.20 Å². The first-order chi connectivity index (χ1) is 9.83. The van der Waals surface area contributed by atoms with Gasteiger partial charge in [-0.25, -0.2) is 0 Å². The van der Waals surface area contributed by atoms with Crippen molar-refractivity contribution in [3.05, 3.63) is 72.4 Å². The first-order valence-electron chi connectivity index (χ1n) is 6.74. The Hall–Kier alpha value is -2.55. The lowest BCUT2D eigenvalue weighted by molar-refractivity contribution is 0.885. The molecule has 0 bridgehead atoms. The number of nitrogens with zero attached hydrogens (tertiary/aromatic N) is 1. The molecule has 20 heavy (non-hydrogen) atoms. The standard InChI is InChI=1S/C17H17N3/c1-13(14-6-3-2-4-7-14)19-16-9-5-8-15(12-16)17-10-11-18-20-17/h2-13,19H,1H3,(H,18,20). The summed E-state index contributed by atoms with van der Waals surface area (Å²) < 4.78 is 0. The van der Waals surface area contributed by atoms with Crippen LogP contribution in [0.4, 0.5) is 5.69 Å². The van der Waals surface area contributed by atoms with Crippen molar-refractivity contribution in [3.8, 4) is 11.3 Å². The van der Waals surface area contributed by atoms with E-state index in [4.69, 9.17) is 0 Å². The molecule has 100 valence electrons. The van der Waals surface area contributed by atoms with Gasteiger partial charge in [-0.2, -0.15) is 5.10 Å². The van der Waals surface area contributed by atoms with Gasteiger partial charge in [-0.1, -0.05) is 42.5 Å². The van der Waals surface area contributed by atoms with Gasteiger partial charge in [0.2, 0.25) is 0 Å². The molecule has 0 saturated heterocycles. The minimum Gasteiger partial charge on any atom is -0.379 e. The van der Waals surface area contributed by atoms with Crippen molar-refractivity contribution in [1.29, 1.82) is 0 Å². The molecule has 3 aromatic rings. The summed E-state index contributed by atoms with van der Waals surface area (Å²) in [5.74, 6) is 0. The molecule has 3 nitrogen and oxygen atoms in total. The number of aromatic nitrogens is 2. The largest absolute Gasteiger partial charge is 0.379 e. The molecule has 1 heterocycles. The number of aromatic amines is 1. The Morgan fingerprint density at radius 3 is 2.60 bits per heavy atom. The molecular weight excluding hydrogens is 246 g/mol. The monoisotopic (exact) mass is 263 g/mol. The van der Waals surface area contributed by atoms with Crippen molar-refractivity contribution in [2.24, 2.45) is 0 Å². The van der Waals surface area contributed by atoms with Crippen LogP contribution in [0.2, 0.25) is 0 Å². The predicted octanol–water partition coefficient (Wildman–Crippen LogP) is 4.25. The molecule has 0 aliphatic heterocycles. The lowest BCUT2D eigenvalue weighted by atomic mass is 10.1. The maximum absolute atomic E-state index is 3.99. The highest BCUT2D eigenvalue weighted by atomic mass is 15.1. The molecular formula is C17H17N3. The maximum Gasteiger partial charge on any atom is 0.0650 e. The summed E-state index contributed by atoms with van der Waals surface area (Å²) in [4.78, 5) is 0. The molecule has 3 heteroatoms. The fraction of sp³-hybridized carbons (Fsp3) is 0.118. The number of hydrogen-bond acceptors (Lipinski definition) is 2. The summed E-state index contributed by atoms with van der Waals surface area (Å²) >= 11 is 0. The Labute approximate surface area is 118 Å². The highest BCUT2D eigenvalue weighted by Gasteiger charge is 2.05. The molecule has 3 rings (SSSR count). The Morgan fingerprint density at radius 2 is 1.85 bits per heavy atom. The fourth-order valence-electron chi connectivity index (χ4n) is 2.27. The minimum atomic E-state index is 0.271. The summed E-state index contributed by atoms with van der Waals surface area (Å²) in [5, 5.41) is 10.5. The van der Waals surface area contributed by atoms with Crippen LogP contribution in [0.15, 0.2) is 66.9 Å². The molecule has 1 aromatic heterocycles. The normalized spacial score (nSPS) is 12.1. The highest BCUT2D eigenvalue weighted by Crippen LogP contribution is 2.23. The maximum atomic E-state index is 3.99. The fourth-order valence-corrected chi connectivity index (χ4v) is 2.27. The number of anilines is 1. The van der Waals surface area contributed by atoms with Crippen molar-refractivity contribution in [2.75, 3.05) is 5.32 Å². The van der Waals surface area contributed by atoms with E-state index in [-0.39, 0.29) is 6.04 Å². The number of nitrogens with one attached hydrogen (secondary N) is 2. The van der Waals surface area contributed by atoms with E-state index in [9.17, 15) is 0 Å². The van der Waals surface area contributed by atoms with E-state index in [0.717, 1.165) is 16.9 Å². The third-order valence-electron chi connectivity index (χ3n) is 3.36. The SMILES string of the molecule is CC(Nc1cccc(-c2ccn[nH]2)c1)c1ccccc1. The van der Waals surface area contributed by atoms with Gasteiger partial charge in [-0.3, -0.25) is 5.10 Å². The summed E-state index contributed by atoms with van der Waals surface area (Å²) in [5.41, 5.74) is 4.54. The summed E-state index contributed by atoms with van der Waals surface area (Å²) in [6.07, 6.45) is 1.77. The van der Waals surface area contributed by atoms with Crippen molar-refractivity contribution < 1.29 is 0 Å². The van der Waals surface area contributed by atoms with Crippen LogP contribution in [0.25, 0.3) is 11.3 Å². The van der Waals surface area contributed by atoms with E-state index in [1.165, 1.54) is 5.56 Å². The van der Waals surface area contributed by atoms with Crippen LogP contribution in [0.5, 0.6) is 0 Å². The predicted molar refractivity (Wildman–Crippen MR) is 82.5 cm³/mol.